The van der Waals surface area contributed by atoms with Crippen LogP contribution in [0.2, 0.25) is 10.0 Å². The summed E-state index contributed by atoms with van der Waals surface area (Å²) >= 11 is 11.9. The number of nitrogens with two attached hydrogens (primary N) is 1. The number of carbonyl (C=O) groups excluding carboxylic acids is 1. The molecule has 1 aliphatic heterocycles. The lowest BCUT2D eigenvalue weighted by Gasteiger charge is -2.25. The molecule has 0 spiro atoms. The van der Waals surface area contributed by atoms with Crippen molar-refractivity contribution in [3.63, 3.8) is 0 Å². The molecule has 2 atom stereocenters. The van der Waals surface area contributed by atoms with Gasteiger partial charge in [-0.2, -0.15) is 0 Å². The number of nitrogens with zero attached hydrogens (tertiary/aromatic N) is 1. The van der Waals surface area contributed by atoms with Crippen LogP contribution in [0.4, 0.5) is 11.4 Å². The number of halogens is 2. The quantitative estimate of drug-likeness (QED) is 0.743. The van der Waals surface area contributed by atoms with Crippen molar-refractivity contribution in [1.82, 2.24) is 4.90 Å². The minimum atomic E-state index is -0.745. The van der Waals surface area contributed by atoms with E-state index in [4.69, 9.17) is 28.9 Å². The van der Waals surface area contributed by atoms with Crippen LogP contribution in [0.15, 0.2) is 12.1 Å². The third-order valence-corrected chi connectivity index (χ3v) is 4.26. The van der Waals surface area contributed by atoms with Gasteiger partial charge < -0.3 is 16.2 Å². The van der Waals surface area contributed by atoms with Gasteiger partial charge in [0.25, 0.3) is 0 Å². The van der Waals surface area contributed by atoms with E-state index in [1.54, 1.807) is 13.8 Å². The number of likely N-dealkylation sites (tertiary alicyclic amines) is 1. The zero-order valence-electron chi connectivity index (χ0n) is 12.0. The van der Waals surface area contributed by atoms with Crippen LogP contribution < -0.4 is 11.1 Å². The number of β-amino-alcohol motifs (C(OH)–C–C–N with tert-alkyl or cyclic N) is 1. The number of nitrogen functional groups attached to an aromatic ring is 1. The summed E-state index contributed by atoms with van der Waals surface area (Å²) in [6, 6.07) is 2.68. The molecule has 1 amide bonds. The number of hydrogen-bond donors (Lipinski definition) is 3. The molecule has 1 aliphatic rings. The molecule has 1 fully saturated rings. The number of nitrogens with one attached hydrogen (secondary N) is 1. The van der Waals surface area contributed by atoms with Crippen LogP contribution in [0.25, 0.3) is 0 Å². The summed E-state index contributed by atoms with van der Waals surface area (Å²) < 4.78 is 0. The highest BCUT2D eigenvalue weighted by Gasteiger charge is 2.36. The van der Waals surface area contributed by atoms with Crippen molar-refractivity contribution in [3.8, 4) is 0 Å². The third-order valence-electron chi connectivity index (χ3n) is 3.74. The van der Waals surface area contributed by atoms with Gasteiger partial charge in [-0.05, 0) is 32.4 Å². The first-order valence-electron chi connectivity index (χ1n) is 6.71. The van der Waals surface area contributed by atoms with E-state index in [1.165, 1.54) is 12.1 Å². The molecule has 4 N–H and O–H groups in total. The number of carbonyl (C=O) groups is 1. The average Bonchev–Trinajstić information content (AvgIpc) is 2.73. The fraction of sp³-hybridized carbons (Fsp3) is 0.500. The SMILES string of the molecule is CC(C(=O)Nc1c(N)cc(Cl)cc1Cl)N1CCC(C)(O)C1. The fourth-order valence-corrected chi connectivity index (χ4v) is 2.99. The van der Waals surface area contributed by atoms with Crippen molar-refractivity contribution in [2.45, 2.75) is 31.9 Å². The number of amides is 1. The molecule has 1 saturated heterocycles. The Kier molecular flexibility index (Phi) is 4.68. The summed E-state index contributed by atoms with van der Waals surface area (Å²) in [5, 5.41) is 13.4. The summed E-state index contributed by atoms with van der Waals surface area (Å²) in [6.07, 6.45) is 0.647. The predicted octanol–water partition coefficient (Wildman–Crippen LogP) is 2.36. The zero-order chi connectivity index (χ0) is 15.8. The summed E-state index contributed by atoms with van der Waals surface area (Å²) in [4.78, 5) is 14.2. The van der Waals surface area contributed by atoms with Gasteiger partial charge in [-0.3, -0.25) is 9.69 Å². The summed E-state index contributed by atoms with van der Waals surface area (Å²) in [7, 11) is 0. The van der Waals surface area contributed by atoms with Crippen LogP contribution >= 0.6 is 23.2 Å². The van der Waals surface area contributed by atoms with E-state index in [9.17, 15) is 9.90 Å². The van der Waals surface area contributed by atoms with E-state index in [2.05, 4.69) is 5.32 Å². The Hall–Kier alpha value is -1.01. The second-order valence-electron chi connectivity index (χ2n) is 5.73. The normalized spacial score (nSPS) is 24.0. The molecule has 116 valence electrons. The number of aliphatic hydroxyl groups is 1. The Morgan fingerprint density at radius 1 is 1.52 bits per heavy atom. The highest BCUT2D eigenvalue weighted by atomic mass is 35.5. The zero-order valence-corrected chi connectivity index (χ0v) is 13.5. The van der Waals surface area contributed by atoms with Crippen molar-refractivity contribution in [1.29, 1.82) is 0 Å². The van der Waals surface area contributed by atoms with E-state index in [1.807, 2.05) is 4.90 Å². The van der Waals surface area contributed by atoms with E-state index in [-0.39, 0.29) is 11.9 Å². The average molecular weight is 332 g/mol. The van der Waals surface area contributed by atoms with Gasteiger partial charge in [0, 0.05) is 18.1 Å². The number of hydrogen-bond acceptors (Lipinski definition) is 4. The van der Waals surface area contributed by atoms with Crippen LogP contribution in [-0.4, -0.2) is 40.6 Å². The highest BCUT2D eigenvalue weighted by molar-refractivity contribution is 6.37. The van der Waals surface area contributed by atoms with Crippen LogP contribution in [0.3, 0.4) is 0 Å². The van der Waals surface area contributed by atoms with Crippen LogP contribution in [-0.2, 0) is 4.79 Å². The number of rotatable bonds is 3. The van der Waals surface area contributed by atoms with E-state index in [0.717, 1.165) is 0 Å². The Balaban J connectivity index is 2.08. The second kappa shape index (κ2) is 6.01. The topological polar surface area (TPSA) is 78.6 Å². The predicted molar refractivity (Wildman–Crippen MR) is 85.8 cm³/mol. The second-order valence-corrected chi connectivity index (χ2v) is 6.58. The van der Waals surface area contributed by atoms with Gasteiger partial charge in [0.05, 0.1) is 28.0 Å². The molecular formula is C14H19Cl2N3O2. The molecule has 0 radical (unpaired) electrons. The molecule has 0 aliphatic carbocycles. The minimum absolute atomic E-state index is 0.219. The lowest BCUT2D eigenvalue weighted by Crippen LogP contribution is -2.42. The standard InChI is InChI=1S/C14H19Cl2N3O2/c1-8(19-4-3-14(2,21)7-19)13(20)18-12-10(16)5-9(15)6-11(12)17/h5-6,8,21H,3-4,7,17H2,1-2H3,(H,18,20). The van der Waals surface area contributed by atoms with Crippen molar-refractivity contribution in [3.05, 3.63) is 22.2 Å². The molecule has 5 nitrogen and oxygen atoms in total. The van der Waals surface area contributed by atoms with Gasteiger partial charge in [-0.25, -0.2) is 0 Å². The number of benzene rings is 1. The fourth-order valence-electron chi connectivity index (χ4n) is 2.43. The summed E-state index contributed by atoms with van der Waals surface area (Å²) in [6.45, 7) is 4.69. The first-order chi connectivity index (χ1) is 9.69. The molecule has 2 rings (SSSR count). The monoisotopic (exact) mass is 331 g/mol. The smallest absolute Gasteiger partial charge is 0.241 e. The Bertz CT molecular complexity index is 540. The van der Waals surface area contributed by atoms with Gasteiger partial charge in [0.2, 0.25) is 5.91 Å². The maximum Gasteiger partial charge on any atom is 0.241 e. The molecule has 0 aromatic heterocycles. The van der Waals surface area contributed by atoms with Gasteiger partial charge >= 0.3 is 0 Å². The lowest BCUT2D eigenvalue weighted by atomic mass is 10.1. The van der Waals surface area contributed by atoms with Crippen LogP contribution in [0.5, 0.6) is 0 Å². The molecule has 2 unspecified atom stereocenters. The summed E-state index contributed by atoms with van der Waals surface area (Å²) in [5.74, 6) is -0.219. The first kappa shape index (κ1) is 16.4. The Morgan fingerprint density at radius 3 is 2.71 bits per heavy atom. The van der Waals surface area contributed by atoms with E-state index < -0.39 is 5.60 Å². The van der Waals surface area contributed by atoms with Crippen LogP contribution in [0.1, 0.15) is 20.3 Å². The molecular weight excluding hydrogens is 313 g/mol. The summed E-state index contributed by atoms with van der Waals surface area (Å²) in [5.41, 5.74) is 5.77. The van der Waals surface area contributed by atoms with Crippen molar-refractivity contribution < 1.29 is 9.90 Å². The molecule has 0 bridgehead atoms. The minimum Gasteiger partial charge on any atom is -0.397 e. The van der Waals surface area contributed by atoms with E-state index in [0.29, 0.717) is 40.9 Å². The van der Waals surface area contributed by atoms with Crippen molar-refractivity contribution in [2.75, 3.05) is 24.1 Å². The maximum absolute atomic E-state index is 12.3. The van der Waals surface area contributed by atoms with Gasteiger partial charge in [0.15, 0.2) is 0 Å². The first-order valence-corrected chi connectivity index (χ1v) is 7.47. The molecule has 0 saturated carbocycles. The lowest BCUT2D eigenvalue weighted by molar-refractivity contribution is -0.120. The molecule has 1 heterocycles. The van der Waals surface area contributed by atoms with Crippen molar-refractivity contribution >= 4 is 40.5 Å². The molecule has 7 heteroatoms. The van der Waals surface area contributed by atoms with E-state index >= 15 is 0 Å². The van der Waals surface area contributed by atoms with Crippen LogP contribution in [0, 0.1) is 0 Å². The third kappa shape index (κ3) is 3.80. The molecule has 21 heavy (non-hydrogen) atoms. The van der Waals surface area contributed by atoms with Gasteiger partial charge in [-0.15, -0.1) is 0 Å². The molecule has 1 aromatic rings. The van der Waals surface area contributed by atoms with Gasteiger partial charge in [0.1, 0.15) is 0 Å². The Morgan fingerprint density at radius 2 is 2.19 bits per heavy atom. The van der Waals surface area contributed by atoms with Crippen molar-refractivity contribution in [2.24, 2.45) is 0 Å². The van der Waals surface area contributed by atoms with Gasteiger partial charge in [-0.1, -0.05) is 23.2 Å². The number of anilines is 2. The highest BCUT2D eigenvalue weighted by Crippen LogP contribution is 2.32. The molecule has 1 aromatic carbocycles. The maximum atomic E-state index is 12.3. The largest absolute Gasteiger partial charge is 0.397 e. The Labute approximate surface area is 134 Å².